The number of aromatic nitrogens is 1. The second-order valence-corrected chi connectivity index (χ2v) is 5.00. The Kier molecular flexibility index (Phi) is 13.7. The van der Waals surface area contributed by atoms with Gasteiger partial charge in [0.25, 0.3) is 0 Å². The van der Waals surface area contributed by atoms with Crippen molar-refractivity contribution in [1.82, 2.24) is 15.2 Å². The normalized spacial score (nSPS) is 11.4. The zero-order valence-electron chi connectivity index (χ0n) is 12.6. The predicted molar refractivity (Wildman–Crippen MR) is 91.0 cm³/mol. The molecule has 0 aromatic carbocycles. The number of carbonyl (C=O) groups excluding carboxylic acids is 1. The Morgan fingerprint density at radius 2 is 2.10 bits per heavy atom. The lowest BCUT2D eigenvalue weighted by Crippen LogP contribution is -2.40. The average Bonchev–Trinajstić information content (AvgIpc) is 2.38. The van der Waals surface area contributed by atoms with Crippen LogP contribution in [0.5, 0.6) is 0 Å². The van der Waals surface area contributed by atoms with Gasteiger partial charge >= 0.3 is 0 Å². The molecule has 1 rings (SSSR count). The highest BCUT2D eigenvalue weighted by Gasteiger charge is 2.13. The first-order chi connectivity index (χ1) is 9.09. The zero-order valence-corrected chi connectivity index (χ0v) is 14.3. The highest BCUT2D eigenvalue weighted by Crippen LogP contribution is 2.03. The predicted octanol–water partition coefficient (Wildman–Crippen LogP) is 1.60. The number of amides is 1. The molecule has 3 N–H and O–H groups in total. The summed E-state index contributed by atoms with van der Waals surface area (Å²) in [6.07, 6.45) is 6.37. The van der Waals surface area contributed by atoms with Crippen LogP contribution in [-0.4, -0.2) is 42.5 Å². The summed E-state index contributed by atoms with van der Waals surface area (Å²) in [5.74, 6) is -0.284. The molecule has 0 saturated carbocycles. The minimum Gasteiger partial charge on any atom is -0.368 e. The van der Waals surface area contributed by atoms with Crippen molar-refractivity contribution in [2.75, 3.05) is 20.6 Å². The first kappa shape index (κ1) is 22.4. The Labute approximate surface area is 139 Å². The van der Waals surface area contributed by atoms with Crippen molar-refractivity contribution >= 4 is 30.7 Å². The number of hydrogen-bond donors (Lipinski definition) is 2. The number of rotatable bonds is 9. The highest BCUT2D eigenvalue weighted by molar-refractivity contribution is 5.85. The van der Waals surface area contributed by atoms with Crippen LogP contribution in [0.2, 0.25) is 0 Å². The quantitative estimate of drug-likeness (QED) is 0.672. The van der Waals surface area contributed by atoms with Gasteiger partial charge in [-0.1, -0.05) is 12.5 Å². The van der Waals surface area contributed by atoms with E-state index >= 15 is 0 Å². The van der Waals surface area contributed by atoms with Crippen LogP contribution < -0.4 is 11.1 Å². The van der Waals surface area contributed by atoms with Gasteiger partial charge < -0.3 is 16.0 Å². The van der Waals surface area contributed by atoms with Crippen LogP contribution in [0.1, 0.15) is 24.8 Å². The molecule has 0 saturated heterocycles. The van der Waals surface area contributed by atoms with Crippen molar-refractivity contribution in [2.45, 2.75) is 31.8 Å². The zero-order chi connectivity index (χ0) is 14.1. The Balaban J connectivity index is 0. The molecule has 0 radical (unpaired) electrons. The summed E-state index contributed by atoms with van der Waals surface area (Å²) < 4.78 is 0. The van der Waals surface area contributed by atoms with E-state index in [2.05, 4.69) is 15.2 Å². The summed E-state index contributed by atoms with van der Waals surface area (Å²) in [5.41, 5.74) is 6.47. The molecule has 1 heterocycles. The van der Waals surface area contributed by atoms with E-state index in [0.29, 0.717) is 6.54 Å². The van der Waals surface area contributed by atoms with Crippen LogP contribution in [-0.2, 0) is 11.3 Å². The molecule has 21 heavy (non-hydrogen) atoms. The van der Waals surface area contributed by atoms with Crippen molar-refractivity contribution in [3.8, 4) is 0 Å². The van der Waals surface area contributed by atoms with E-state index in [1.165, 1.54) is 0 Å². The molecule has 0 fully saturated rings. The largest absolute Gasteiger partial charge is 0.368 e. The number of hydrogen-bond acceptors (Lipinski definition) is 4. The molecule has 5 nitrogen and oxygen atoms in total. The lowest BCUT2D eigenvalue weighted by atomic mass is 10.1. The SMILES string of the molecule is CN(C)CCCCC(NCc1cccnc1)C(N)=O.Cl.Cl. The number of halogens is 2. The van der Waals surface area contributed by atoms with Crippen molar-refractivity contribution in [1.29, 1.82) is 0 Å². The number of carbonyl (C=O) groups is 1. The third-order valence-corrected chi connectivity index (χ3v) is 2.97. The fraction of sp³-hybridized carbons (Fsp3) is 0.571. The van der Waals surface area contributed by atoms with Gasteiger partial charge in [-0.05, 0) is 45.1 Å². The van der Waals surface area contributed by atoms with E-state index in [9.17, 15) is 4.79 Å². The van der Waals surface area contributed by atoms with E-state index in [-0.39, 0.29) is 36.8 Å². The lowest BCUT2D eigenvalue weighted by Gasteiger charge is -2.16. The fourth-order valence-corrected chi connectivity index (χ4v) is 1.87. The van der Waals surface area contributed by atoms with Crippen molar-refractivity contribution in [3.05, 3.63) is 30.1 Å². The van der Waals surface area contributed by atoms with Gasteiger partial charge in [0.2, 0.25) is 5.91 Å². The minimum absolute atomic E-state index is 0. The van der Waals surface area contributed by atoms with Crippen LogP contribution in [0.3, 0.4) is 0 Å². The third-order valence-electron chi connectivity index (χ3n) is 2.97. The van der Waals surface area contributed by atoms with Crippen LogP contribution in [0.25, 0.3) is 0 Å². The van der Waals surface area contributed by atoms with Crippen molar-refractivity contribution in [2.24, 2.45) is 5.73 Å². The van der Waals surface area contributed by atoms with Crippen LogP contribution >= 0.6 is 24.8 Å². The number of unbranched alkanes of at least 4 members (excludes halogenated alkanes) is 1. The topological polar surface area (TPSA) is 71.2 Å². The maximum absolute atomic E-state index is 11.4. The van der Waals surface area contributed by atoms with Gasteiger partial charge in [0, 0.05) is 18.9 Å². The van der Waals surface area contributed by atoms with Crippen LogP contribution in [0.4, 0.5) is 0 Å². The summed E-state index contributed by atoms with van der Waals surface area (Å²) in [6.45, 7) is 1.66. The van der Waals surface area contributed by atoms with Gasteiger partial charge in [-0.15, -0.1) is 24.8 Å². The molecule has 0 bridgehead atoms. The second kappa shape index (κ2) is 12.8. The first-order valence-electron chi connectivity index (χ1n) is 6.66. The number of primary amides is 1. The third kappa shape index (κ3) is 10.5. The Morgan fingerprint density at radius 3 is 2.62 bits per heavy atom. The summed E-state index contributed by atoms with van der Waals surface area (Å²) in [5, 5.41) is 3.20. The van der Waals surface area contributed by atoms with Crippen LogP contribution in [0.15, 0.2) is 24.5 Å². The first-order valence-corrected chi connectivity index (χ1v) is 6.66. The molecule has 0 aliphatic carbocycles. The lowest BCUT2D eigenvalue weighted by molar-refractivity contribution is -0.120. The van der Waals surface area contributed by atoms with E-state index in [1.807, 2.05) is 26.2 Å². The van der Waals surface area contributed by atoms with Crippen molar-refractivity contribution in [3.63, 3.8) is 0 Å². The smallest absolute Gasteiger partial charge is 0.234 e. The number of nitrogens with two attached hydrogens (primary N) is 1. The van der Waals surface area contributed by atoms with Gasteiger partial charge in [-0.25, -0.2) is 0 Å². The van der Waals surface area contributed by atoms with Crippen molar-refractivity contribution < 1.29 is 4.79 Å². The molecule has 1 atom stereocenters. The van der Waals surface area contributed by atoms with E-state index in [4.69, 9.17) is 5.73 Å². The standard InChI is InChI=1S/C14H24N4O.2ClH/c1-18(2)9-4-3-7-13(14(15)19)17-11-12-6-5-8-16-10-12;;/h5-6,8,10,13,17H,3-4,7,9,11H2,1-2H3,(H2,15,19);2*1H. The Bertz CT molecular complexity index is 376. The summed E-state index contributed by atoms with van der Waals surface area (Å²) >= 11 is 0. The summed E-state index contributed by atoms with van der Waals surface area (Å²) in [4.78, 5) is 17.6. The molecule has 7 heteroatoms. The van der Waals surface area contributed by atoms with E-state index in [1.54, 1.807) is 12.4 Å². The summed E-state index contributed by atoms with van der Waals surface area (Å²) in [7, 11) is 4.10. The number of nitrogens with one attached hydrogen (secondary N) is 1. The van der Waals surface area contributed by atoms with Gasteiger partial charge in [0.1, 0.15) is 0 Å². The molecule has 0 aliphatic heterocycles. The molecule has 1 aromatic rings. The van der Waals surface area contributed by atoms with Gasteiger partial charge in [0.15, 0.2) is 0 Å². The maximum atomic E-state index is 11.4. The fourth-order valence-electron chi connectivity index (χ4n) is 1.87. The van der Waals surface area contributed by atoms with E-state index < -0.39 is 0 Å². The number of nitrogens with zero attached hydrogens (tertiary/aromatic N) is 2. The van der Waals surface area contributed by atoms with Crippen LogP contribution in [0, 0.1) is 0 Å². The molecule has 0 aliphatic rings. The Hall–Kier alpha value is -0.880. The summed E-state index contributed by atoms with van der Waals surface area (Å²) in [6, 6.07) is 3.60. The number of pyridine rings is 1. The maximum Gasteiger partial charge on any atom is 0.234 e. The molecular weight excluding hydrogens is 311 g/mol. The molecule has 0 spiro atoms. The highest BCUT2D eigenvalue weighted by atomic mass is 35.5. The molecular formula is C14H26Cl2N4O. The monoisotopic (exact) mass is 336 g/mol. The Morgan fingerprint density at radius 1 is 1.38 bits per heavy atom. The molecule has 122 valence electrons. The molecule has 1 unspecified atom stereocenters. The van der Waals surface area contributed by atoms with E-state index in [0.717, 1.165) is 31.4 Å². The molecule has 1 aromatic heterocycles. The second-order valence-electron chi connectivity index (χ2n) is 5.00. The van der Waals surface area contributed by atoms with Gasteiger partial charge in [-0.3, -0.25) is 9.78 Å². The average molecular weight is 337 g/mol. The molecule has 1 amide bonds. The van der Waals surface area contributed by atoms with Gasteiger partial charge in [0.05, 0.1) is 6.04 Å². The van der Waals surface area contributed by atoms with Gasteiger partial charge in [-0.2, -0.15) is 0 Å². The minimum atomic E-state index is -0.284.